The molecule has 1 aliphatic heterocycles. The van der Waals surface area contributed by atoms with E-state index in [0.717, 1.165) is 29.8 Å². The number of morpholine rings is 1. The van der Waals surface area contributed by atoms with Crippen molar-refractivity contribution in [2.45, 2.75) is 26.8 Å². The highest BCUT2D eigenvalue weighted by Crippen LogP contribution is 2.21. The second-order valence-corrected chi connectivity index (χ2v) is 7.27. The summed E-state index contributed by atoms with van der Waals surface area (Å²) in [5.74, 6) is 0.788. The molecule has 2 heterocycles. The Hall–Kier alpha value is -3.19. The molecule has 0 radical (unpaired) electrons. The van der Waals surface area contributed by atoms with Crippen molar-refractivity contribution < 1.29 is 14.3 Å². The maximum absolute atomic E-state index is 12.7. The molecule has 2 amide bonds. The number of hydrogen-bond donors (Lipinski definition) is 1. The topological polar surface area (TPSA) is 76.5 Å². The molecule has 0 unspecified atom stereocenters. The van der Waals surface area contributed by atoms with E-state index in [0.29, 0.717) is 43.1 Å². The molecular weight excluding hydrogens is 380 g/mol. The van der Waals surface area contributed by atoms with Gasteiger partial charge in [-0.05, 0) is 49.4 Å². The molecule has 1 aromatic heterocycles. The summed E-state index contributed by atoms with van der Waals surface area (Å²) < 4.78 is 7.47. The van der Waals surface area contributed by atoms with Crippen LogP contribution in [0.4, 0.5) is 5.69 Å². The van der Waals surface area contributed by atoms with Crippen LogP contribution < -0.4 is 5.32 Å². The van der Waals surface area contributed by atoms with Crippen molar-refractivity contribution in [3.05, 3.63) is 59.4 Å². The molecule has 0 spiro atoms. The Bertz CT molecular complexity index is 1070. The second kappa shape index (κ2) is 8.67. The minimum absolute atomic E-state index is 0.0334. The van der Waals surface area contributed by atoms with Gasteiger partial charge in [0.25, 0.3) is 11.8 Å². The molecule has 7 nitrogen and oxygen atoms in total. The number of nitrogens with zero attached hydrogens (tertiary/aromatic N) is 3. The van der Waals surface area contributed by atoms with E-state index < -0.39 is 0 Å². The fourth-order valence-electron chi connectivity index (χ4n) is 3.80. The number of aromatic nitrogens is 2. The maximum Gasteiger partial charge on any atom is 0.255 e. The third kappa shape index (κ3) is 3.93. The number of benzene rings is 2. The Morgan fingerprint density at radius 2 is 1.73 bits per heavy atom. The maximum atomic E-state index is 12.7. The van der Waals surface area contributed by atoms with Gasteiger partial charge in [-0.1, -0.05) is 6.92 Å². The van der Waals surface area contributed by atoms with Crippen LogP contribution in [0.15, 0.2) is 42.5 Å². The quantitative estimate of drug-likeness (QED) is 0.705. The van der Waals surface area contributed by atoms with Gasteiger partial charge in [0.15, 0.2) is 0 Å². The largest absolute Gasteiger partial charge is 0.378 e. The second-order valence-electron chi connectivity index (χ2n) is 7.27. The summed E-state index contributed by atoms with van der Waals surface area (Å²) in [6, 6.07) is 12.5. The molecule has 2 aromatic carbocycles. The SMILES string of the molecule is CCc1nc2cc(NC(=O)c3ccc(C(=O)N4CCOCC4)cc3)ccc2n1CC. The first-order valence-electron chi connectivity index (χ1n) is 10.4. The monoisotopic (exact) mass is 406 g/mol. The normalized spacial score (nSPS) is 14.1. The van der Waals surface area contributed by atoms with Crippen LogP contribution in [0.1, 0.15) is 40.4 Å². The fourth-order valence-corrected chi connectivity index (χ4v) is 3.80. The zero-order valence-electron chi connectivity index (χ0n) is 17.4. The number of carbonyl (C=O) groups is 2. The van der Waals surface area contributed by atoms with Gasteiger partial charge in [0, 0.05) is 42.9 Å². The number of amides is 2. The van der Waals surface area contributed by atoms with Gasteiger partial charge in [0.2, 0.25) is 0 Å². The molecule has 1 saturated heterocycles. The number of anilines is 1. The molecule has 7 heteroatoms. The summed E-state index contributed by atoms with van der Waals surface area (Å²) in [5, 5.41) is 2.93. The van der Waals surface area contributed by atoms with Crippen LogP contribution in [0.3, 0.4) is 0 Å². The summed E-state index contributed by atoms with van der Waals surface area (Å²) in [7, 11) is 0. The standard InChI is InChI=1S/C23H26N4O3/c1-3-21-25-19-15-18(9-10-20(19)27(21)4-2)24-22(28)16-5-7-17(8-6-16)23(29)26-11-13-30-14-12-26/h5-10,15H,3-4,11-14H2,1-2H3,(H,24,28). The lowest BCUT2D eigenvalue weighted by Gasteiger charge is -2.26. The van der Waals surface area contributed by atoms with Crippen molar-refractivity contribution in [3.63, 3.8) is 0 Å². The minimum atomic E-state index is -0.217. The van der Waals surface area contributed by atoms with Gasteiger partial charge in [-0.25, -0.2) is 4.98 Å². The lowest BCUT2D eigenvalue weighted by atomic mass is 10.1. The first-order valence-corrected chi connectivity index (χ1v) is 10.4. The van der Waals surface area contributed by atoms with Gasteiger partial charge < -0.3 is 19.5 Å². The molecule has 0 bridgehead atoms. The van der Waals surface area contributed by atoms with Gasteiger partial charge in [-0.2, -0.15) is 0 Å². The fraction of sp³-hybridized carbons (Fsp3) is 0.348. The minimum Gasteiger partial charge on any atom is -0.378 e. The molecule has 1 aliphatic rings. The van der Waals surface area contributed by atoms with E-state index >= 15 is 0 Å². The smallest absolute Gasteiger partial charge is 0.255 e. The number of imidazole rings is 1. The average molecular weight is 406 g/mol. The molecule has 0 atom stereocenters. The molecule has 3 aromatic rings. The van der Waals surface area contributed by atoms with Crippen LogP contribution in [0.2, 0.25) is 0 Å². The zero-order chi connectivity index (χ0) is 21.1. The Kier molecular flexibility index (Phi) is 5.81. The van der Waals surface area contributed by atoms with Crippen molar-refractivity contribution in [2.75, 3.05) is 31.6 Å². The lowest BCUT2D eigenvalue weighted by Crippen LogP contribution is -2.40. The highest BCUT2D eigenvalue weighted by Gasteiger charge is 2.19. The summed E-state index contributed by atoms with van der Waals surface area (Å²) in [5.41, 5.74) is 3.72. The third-order valence-corrected chi connectivity index (χ3v) is 5.41. The van der Waals surface area contributed by atoms with E-state index in [2.05, 4.69) is 28.7 Å². The Balaban J connectivity index is 1.47. The molecule has 0 saturated carbocycles. The Morgan fingerprint density at radius 3 is 2.40 bits per heavy atom. The van der Waals surface area contributed by atoms with Gasteiger partial charge in [0.05, 0.1) is 24.2 Å². The van der Waals surface area contributed by atoms with Gasteiger partial charge in [0.1, 0.15) is 5.82 Å². The number of ether oxygens (including phenoxy) is 1. The van der Waals surface area contributed by atoms with E-state index in [4.69, 9.17) is 4.74 Å². The highest BCUT2D eigenvalue weighted by molar-refractivity contribution is 6.05. The van der Waals surface area contributed by atoms with Crippen LogP contribution in [0, 0.1) is 0 Å². The van der Waals surface area contributed by atoms with Crippen molar-refractivity contribution in [1.82, 2.24) is 14.5 Å². The summed E-state index contributed by atoms with van der Waals surface area (Å²) in [6.07, 6.45) is 0.861. The van der Waals surface area contributed by atoms with E-state index in [1.54, 1.807) is 29.2 Å². The van der Waals surface area contributed by atoms with Crippen LogP contribution in [-0.4, -0.2) is 52.6 Å². The van der Waals surface area contributed by atoms with Crippen LogP contribution in [-0.2, 0) is 17.7 Å². The van der Waals surface area contributed by atoms with Crippen LogP contribution in [0.5, 0.6) is 0 Å². The van der Waals surface area contributed by atoms with Crippen LogP contribution in [0.25, 0.3) is 11.0 Å². The van der Waals surface area contributed by atoms with Crippen LogP contribution >= 0.6 is 0 Å². The molecular formula is C23H26N4O3. The molecule has 156 valence electrons. The zero-order valence-corrected chi connectivity index (χ0v) is 17.4. The van der Waals surface area contributed by atoms with Crippen molar-refractivity contribution in [2.24, 2.45) is 0 Å². The predicted octanol–water partition coefficient (Wildman–Crippen LogP) is 3.34. The number of rotatable bonds is 5. The Labute approximate surface area is 175 Å². The van der Waals surface area contributed by atoms with Gasteiger partial charge in [-0.15, -0.1) is 0 Å². The average Bonchev–Trinajstić information content (AvgIpc) is 3.16. The Morgan fingerprint density at radius 1 is 1.03 bits per heavy atom. The molecule has 1 fully saturated rings. The first-order chi connectivity index (χ1) is 14.6. The predicted molar refractivity (Wildman–Crippen MR) is 116 cm³/mol. The number of carbonyl (C=O) groups excluding carboxylic acids is 2. The van der Waals surface area contributed by atoms with E-state index in [9.17, 15) is 9.59 Å². The van der Waals surface area contributed by atoms with Gasteiger partial charge >= 0.3 is 0 Å². The summed E-state index contributed by atoms with van der Waals surface area (Å²) in [4.78, 5) is 31.7. The highest BCUT2D eigenvalue weighted by atomic mass is 16.5. The van der Waals surface area contributed by atoms with E-state index in [-0.39, 0.29) is 11.8 Å². The van der Waals surface area contributed by atoms with Crippen molar-refractivity contribution in [3.8, 4) is 0 Å². The molecule has 4 rings (SSSR count). The van der Waals surface area contributed by atoms with Crippen molar-refractivity contribution >= 4 is 28.5 Å². The number of nitrogens with one attached hydrogen (secondary N) is 1. The molecule has 1 N–H and O–H groups in total. The summed E-state index contributed by atoms with van der Waals surface area (Å²) >= 11 is 0. The number of fused-ring (bicyclic) bond motifs is 1. The van der Waals surface area contributed by atoms with Crippen molar-refractivity contribution in [1.29, 1.82) is 0 Å². The van der Waals surface area contributed by atoms with E-state index in [1.165, 1.54) is 0 Å². The number of aryl methyl sites for hydroxylation is 2. The lowest BCUT2D eigenvalue weighted by molar-refractivity contribution is 0.0303. The van der Waals surface area contributed by atoms with E-state index in [1.807, 2.05) is 18.2 Å². The summed E-state index contributed by atoms with van der Waals surface area (Å²) in [6.45, 7) is 7.36. The first kappa shape index (κ1) is 20.1. The number of hydrogen-bond acceptors (Lipinski definition) is 4. The molecule has 30 heavy (non-hydrogen) atoms. The van der Waals surface area contributed by atoms with Gasteiger partial charge in [-0.3, -0.25) is 9.59 Å². The molecule has 0 aliphatic carbocycles. The third-order valence-electron chi connectivity index (χ3n) is 5.41.